The maximum absolute atomic E-state index is 5.40. The average Bonchev–Trinajstić information content (AvgIpc) is 3.30. The second kappa shape index (κ2) is 7.23. The Morgan fingerprint density at radius 2 is 2.12 bits per heavy atom. The molecular weight excluding hydrogens is 450 g/mol. The van der Waals surface area contributed by atoms with Gasteiger partial charge in [0.15, 0.2) is 0 Å². The van der Waals surface area contributed by atoms with Crippen molar-refractivity contribution in [2.24, 2.45) is 0 Å². The highest BCUT2D eigenvalue weighted by atomic mass is 79.9. The zero-order valence-electron chi connectivity index (χ0n) is 13.2. The second-order valence-electron chi connectivity index (χ2n) is 5.83. The van der Waals surface area contributed by atoms with E-state index in [-0.39, 0.29) is 0 Å². The van der Waals surface area contributed by atoms with Crippen molar-refractivity contribution in [3.63, 3.8) is 0 Å². The molecule has 25 heavy (non-hydrogen) atoms. The van der Waals surface area contributed by atoms with Crippen LogP contribution < -0.4 is 10.6 Å². The summed E-state index contributed by atoms with van der Waals surface area (Å²) in [7, 11) is 0. The molecule has 0 bridgehead atoms. The van der Waals surface area contributed by atoms with Gasteiger partial charge in [-0.3, -0.25) is 0 Å². The van der Waals surface area contributed by atoms with E-state index in [1.807, 2.05) is 30.3 Å². The van der Waals surface area contributed by atoms with Crippen LogP contribution in [0.4, 0.5) is 11.5 Å². The van der Waals surface area contributed by atoms with Gasteiger partial charge in [-0.25, -0.2) is 4.98 Å². The maximum atomic E-state index is 5.40. The van der Waals surface area contributed by atoms with Gasteiger partial charge in [-0.1, -0.05) is 21.1 Å². The predicted molar refractivity (Wildman–Crippen MR) is 103 cm³/mol. The monoisotopic (exact) mass is 463 g/mol. The first-order chi connectivity index (χ1) is 12.2. The molecule has 0 saturated carbocycles. The molecule has 1 aliphatic heterocycles. The lowest BCUT2D eigenvalue weighted by Gasteiger charge is -2.08. The van der Waals surface area contributed by atoms with E-state index < -0.39 is 0 Å². The Labute approximate surface area is 161 Å². The molecule has 1 aliphatic rings. The van der Waals surface area contributed by atoms with Crippen LogP contribution in [0.3, 0.4) is 0 Å². The van der Waals surface area contributed by atoms with Crippen LogP contribution in [-0.2, 0) is 0 Å². The van der Waals surface area contributed by atoms with Crippen molar-refractivity contribution in [2.45, 2.75) is 12.3 Å². The summed E-state index contributed by atoms with van der Waals surface area (Å²) in [6, 6.07) is 9.76. The summed E-state index contributed by atoms with van der Waals surface area (Å²) in [6.07, 6.45) is 2.78. The summed E-state index contributed by atoms with van der Waals surface area (Å²) < 4.78 is 7.36. The summed E-state index contributed by atoms with van der Waals surface area (Å²) >= 11 is 6.99. The minimum absolute atomic E-state index is 0.309. The maximum Gasteiger partial charge on any atom is 0.231 e. The normalized spacial score (nSPS) is 17.0. The largest absolute Gasteiger partial charge is 0.339 e. The minimum Gasteiger partial charge on any atom is -0.339 e. The van der Waals surface area contributed by atoms with Crippen molar-refractivity contribution in [3.05, 3.63) is 51.4 Å². The van der Waals surface area contributed by atoms with Gasteiger partial charge in [-0.05, 0) is 59.2 Å². The molecule has 1 unspecified atom stereocenters. The SMILES string of the molecule is Brc1ccc(Br)c(Nc2ccc(-c3noc(C4CCNC4)n3)cn2)c1. The number of halogens is 2. The smallest absolute Gasteiger partial charge is 0.231 e. The van der Waals surface area contributed by atoms with Crippen molar-refractivity contribution >= 4 is 43.4 Å². The van der Waals surface area contributed by atoms with Crippen LogP contribution >= 0.6 is 31.9 Å². The van der Waals surface area contributed by atoms with E-state index in [9.17, 15) is 0 Å². The lowest BCUT2D eigenvalue weighted by atomic mass is 10.1. The molecule has 0 amide bonds. The second-order valence-corrected chi connectivity index (χ2v) is 7.60. The van der Waals surface area contributed by atoms with Gasteiger partial charge in [-0.15, -0.1) is 0 Å². The number of hydrogen-bond donors (Lipinski definition) is 2. The third-order valence-corrected chi connectivity index (χ3v) is 5.25. The Bertz CT molecular complexity index is 875. The third kappa shape index (κ3) is 3.75. The van der Waals surface area contributed by atoms with Crippen LogP contribution in [0.5, 0.6) is 0 Å². The molecule has 1 aromatic carbocycles. The molecule has 1 fully saturated rings. The number of pyridine rings is 1. The molecule has 0 radical (unpaired) electrons. The highest BCUT2D eigenvalue weighted by Gasteiger charge is 2.23. The first kappa shape index (κ1) is 16.7. The van der Waals surface area contributed by atoms with Gasteiger partial charge in [0.2, 0.25) is 11.7 Å². The van der Waals surface area contributed by atoms with E-state index in [4.69, 9.17) is 4.52 Å². The first-order valence-electron chi connectivity index (χ1n) is 7.92. The Balaban J connectivity index is 1.51. The Morgan fingerprint density at radius 3 is 2.88 bits per heavy atom. The predicted octanol–water partition coefficient (Wildman–Crippen LogP) is 4.48. The van der Waals surface area contributed by atoms with Gasteiger partial charge >= 0.3 is 0 Å². The topological polar surface area (TPSA) is 75.9 Å². The zero-order chi connectivity index (χ0) is 17.2. The molecule has 0 spiro atoms. The number of aromatic nitrogens is 3. The van der Waals surface area contributed by atoms with Gasteiger partial charge in [-0.2, -0.15) is 4.98 Å². The fraction of sp³-hybridized carbons (Fsp3) is 0.235. The van der Waals surface area contributed by atoms with Crippen LogP contribution in [0.25, 0.3) is 11.4 Å². The van der Waals surface area contributed by atoms with E-state index in [1.54, 1.807) is 6.20 Å². The number of nitrogens with one attached hydrogen (secondary N) is 2. The van der Waals surface area contributed by atoms with E-state index in [1.165, 1.54) is 0 Å². The average molecular weight is 465 g/mol. The molecular formula is C17H15Br2N5O. The number of nitrogens with zero attached hydrogens (tertiary/aromatic N) is 3. The fourth-order valence-corrected chi connectivity index (χ4v) is 3.42. The summed E-state index contributed by atoms with van der Waals surface area (Å²) in [6.45, 7) is 1.89. The highest BCUT2D eigenvalue weighted by molar-refractivity contribution is 9.11. The molecule has 1 saturated heterocycles. The van der Waals surface area contributed by atoms with E-state index >= 15 is 0 Å². The molecule has 4 rings (SSSR count). The lowest BCUT2D eigenvalue weighted by Crippen LogP contribution is -2.08. The molecule has 2 N–H and O–H groups in total. The molecule has 6 nitrogen and oxygen atoms in total. The van der Waals surface area contributed by atoms with Gasteiger partial charge < -0.3 is 15.2 Å². The van der Waals surface area contributed by atoms with Crippen LogP contribution in [0, 0.1) is 0 Å². The van der Waals surface area contributed by atoms with E-state index in [0.717, 1.165) is 45.5 Å². The van der Waals surface area contributed by atoms with Gasteiger partial charge in [0.1, 0.15) is 5.82 Å². The molecule has 1 atom stereocenters. The molecule has 8 heteroatoms. The van der Waals surface area contributed by atoms with Crippen LogP contribution in [0.1, 0.15) is 18.2 Å². The molecule has 128 valence electrons. The van der Waals surface area contributed by atoms with Gasteiger partial charge in [0.25, 0.3) is 0 Å². The molecule has 3 heterocycles. The minimum atomic E-state index is 0.309. The van der Waals surface area contributed by atoms with Crippen LogP contribution in [-0.4, -0.2) is 28.2 Å². The van der Waals surface area contributed by atoms with Gasteiger partial charge in [0, 0.05) is 27.3 Å². The number of rotatable bonds is 4. The number of hydrogen-bond acceptors (Lipinski definition) is 6. The molecule has 3 aromatic rings. The first-order valence-corrected chi connectivity index (χ1v) is 9.50. The quantitative estimate of drug-likeness (QED) is 0.592. The van der Waals surface area contributed by atoms with E-state index in [0.29, 0.717) is 17.6 Å². The Hall–Kier alpha value is -1.77. The number of benzene rings is 1. The van der Waals surface area contributed by atoms with Crippen molar-refractivity contribution in [2.75, 3.05) is 18.4 Å². The lowest BCUT2D eigenvalue weighted by molar-refractivity contribution is 0.359. The number of anilines is 2. The third-order valence-electron chi connectivity index (χ3n) is 4.06. The summed E-state index contributed by atoms with van der Waals surface area (Å²) in [5, 5.41) is 10.7. The van der Waals surface area contributed by atoms with E-state index in [2.05, 4.69) is 57.6 Å². The van der Waals surface area contributed by atoms with Crippen molar-refractivity contribution in [1.29, 1.82) is 0 Å². The Morgan fingerprint density at radius 1 is 1.20 bits per heavy atom. The summed E-state index contributed by atoms with van der Waals surface area (Å²) in [5.74, 6) is 2.32. The molecule has 0 aliphatic carbocycles. The van der Waals surface area contributed by atoms with Crippen LogP contribution in [0.2, 0.25) is 0 Å². The zero-order valence-corrected chi connectivity index (χ0v) is 16.3. The van der Waals surface area contributed by atoms with Crippen molar-refractivity contribution in [1.82, 2.24) is 20.4 Å². The highest BCUT2D eigenvalue weighted by Crippen LogP contribution is 2.29. The standard InChI is InChI=1S/C17H15Br2N5O/c18-12-2-3-13(19)14(7-12)22-15-4-1-10(9-21-15)16-23-17(25-24-16)11-5-6-20-8-11/h1-4,7,9,11,20H,5-6,8H2,(H,21,22). The summed E-state index contributed by atoms with van der Waals surface area (Å²) in [4.78, 5) is 8.96. The fourth-order valence-electron chi connectivity index (χ4n) is 2.72. The Kier molecular flexibility index (Phi) is 4.82. The molecule has 2 aromatic heterocycles. The van der Waals surface area contributed by atoms with Crippen molar-refractivity contribution in [3.8, 4) is 11.4 Å². The van der Waals surface area contributed by atoms with Crippen molar-refractivity contribution < 1.29 is 4.52 Å². The van der Waals surface area contributed by atoms with Gasteiger partial charge in [0.05, 0.1) is 11.6 Å². The summed E-state index contributed by atoms with van der Waals surface area (Å²) in [5.41, 5.74) is 1.77. The van der Waals surface area contributed by atoms with Crippen LogP contribution in [0.15, 0.2) is 50.0 Å².